The van der Waals surface area contributed by atoms with Gasteiger partial charge in [0.05, 0.1) is 0 Å². The minimum Gasteiger partial charge on any atom is -0.386 e. The molecular weight excluding hydrogens is 288 g/mol. The van der Waals surface area contributed by atoms with Gasteiger partial charge in [-0.15, -0.1) is 11.3 Å². The molecule has 16 heavy (non-hydrogen) atoms. The lowest BCUT2D eigenvalue weighted by molar-refractivity contribution is 0.176. The van der Waals surface area contributed by atoms with Gasteiger partial charge in [0.1, 0.15) is 11.1 Å². The molecule has 1 atom stereocenters. The molecule has 1 N–H and O–H groups in total. The highest BCUT2D eigenvalue weighted by Crippen LogP contribution is 2.21. The Morgan fingerprint density at radius 3 is 2.88 bits per heavy atom. The molecule has 0 amide bonds. The first-order valence-electron chi connectivity index (χ1n) is 4.85. The highest BCUT2D eigenvalue weighted by Gasteiger charge is 2.12. The number of hydrogen-bond donors (Lipinski definition) is 1. The lowest BCUT2D eigenvalue weighted by Gasteiger charge is -2.06. The van der Waals surface area contributed by atoms with Crippen molar-refractivity contribution in [1.29, 1.82) is 0 Å². The van der Waals surface area contributed by atoms with Crippen LogP contribution in [0.25, 0.3) is 0 Å². The molecule has 0 radical (unpaired) electrons. The third-order valence-electron chi connectivity index (χ3n) is 2.11. The molecule has 0 bridgehead atoms. The standard InChI is InChI=1S/C11H11BrN2OS/c1-7-6-16-11(14-7)10(15)4-9-3-2-8(12)5-13-9/h2-3,5-6,10,15H,4H2,1H3. The summed E-state index contributed by atoms with van der Waals surface area (Å²) in [5.74, 6) is 0. The van der Waals surface area contributed by atoms with Gasteiger partial charge in [0.25, 0.3) is 0 Å². The molecule has 0 aliphatic heterocycles. The molecule has 0 spiro atoms. The molecule has 2 heterocycles. The summed E-state index contributed by atoms with van der Waals surface area (Å²) in [5.41, 5.74) is 1.81. The van der Waals surface area contributed by atoms with Gasteiger partial charge in [-0.2, -0.15) is 0 Å². The number of pyridine rings is 1. The number of aryl methyl sites for hydroxylation is 1. The molecule has 0 aliphatic carbocycles. The van der Waals surface area contributed by atoms with Crippen molar-refractivity contribution in [2.45, 2.75) is 19.4 Å². The lowest BCUT2D eigenvalue weighted by atomic mass is 10.2. The number of halogens is 1. The number of aliphatic hydroxyl groups excluding tert-OH is 1. The molecule has 3 nitrogen and oxygen atoms in total. The Balaban J connectivity index is 2.07. The summed E-state index contributed by atoms with van der Waals surface area (Å²) in [5, 5.41) is 12.6. The maximum atomic E-state index is 9.95. The first-order chi connectivity index (χ1) is 7.65. The fourth-order valence-electron chi connectivity index (χ4n) is 1.34. The van der Waals surface area contributed by atoms with Crippen molar-refractivity contribution in [3.8, 4) is 0 Å². The monoisotopic (exact) mass is 298 g/mol. The van der Waals surface area contributed by atoms with E-state index in [9.17, 15) is 5.11 Å². The average Bonchev–Trinajstić information content (AvgIpc) is 2.68. The smallest absolute Gasteiger partial charge is 0.122 e. The largest absolute Gasteiger partial charge is 0.386 e. The number of rotatable bonds is 3. The normalized spacial score (nSPS) is 12.7. The van der Waals surface area contributed by atoms with Crippen LogP contribution in [0.4, 0.5) is 0 Å². The van der Waals surface area contributed by atoms with Crippen molar-refractivity contribution in [3.05, 3.63) is 44.6 Å². The van der Waals surface area contributed by atoms with Crippen molar-refractivity contribution < 1.29 is 5.11 Å². The third-order valence-corrected chi connectivity index (χ3v) is 3.65. The summed E-state index contributed by atoms with van der Waals surface area (Å²) < 4.78 is 0.941. The third kappa shape index (κ3) is 2.87. The van der Waals surface area contributed by atoms with Crippen LogP contribution in [0.3, 0.4) is 0 Å². The van der Waals surface area contributed by atoms with Crippen LogP contribution in [-0.4, -0.2) is 15.1 Å². The van der Waals surface area contributed by atoms with Crippen LogP contribution in [0.2, 0.25) is 0 Å². The van der Waals surface area contributed by atoms with E-state index < -0.39 is 6.10 Å². The quantitative estimate of drug-likeness (QED) is 0.948. The molecule has 0 saturated heterocycles. The molecule has 84 valence electrons. The first kappa shape index (κ1) is 11.7. The number of aromatic nitrogens is 2. The number of nitrogens with zero attached hydrogens (tertiary/aromatic N) is 2. The van der Waals surface area contributed by atoms with E-state index >= 15 is 0 Å². The van der Waals surface area contributed by atoms with E-state index in [-0.39, 0.29) is 0 Å². The second kappa shape index (κ2) is 5.03. The van der Waals surface area contributed by atoms with Crippen molar-refractivity contribution in [3.63, 3.8) is 0 Å². The predicted octanol–water partition coefficient (Wildman–Crippen LogP) is 2.89. The van der Waals surface area contributed by atoms with E-state index in [1.807, 2.05) is 24.4 Å². The van der Waals surface area contributed by atoms with Crippen molar-refractivity contribution in [2.75, 3.05) is 0 Å². The minimum absolute atomic E-state index is 0.500. The number of aliphatic hydroxyl groups is 1. The van der Waals surface area contributed by atoms with Gasteiger partial charge in [0.15, 0.2) is 0 Å². The molecule has 2 aromatic heterocycles. The van der Waals surface area contributed by atoms with Gasteiger partial charge in [0.2, 0.25) is 0 Å². The summed E-state index contributed by atoms with van der Waals surface area (Å²) in [6.07, 6.45) is 1.67. The van der Waals surface area contributed by atoms with Gasteiger partial charge < -0.3 is 5.11 Å². The fourth-order valence-corrected chi connectivity index (χ4v) is 2.35. The summed E-state index contributed by atoms with van der Waals surface area (Å²) in [7, 11) is 0. The van der Waals surface area contributed by atoms with E-state index in [0.717, 1.165) is 20.9 Å². The zero-order valence-electron chi connectivity index (χ0n) is 8.72. The Hall–Kier alpha value is -0.780. The average molecular weight is 299 g/mol. The van der Waals surface area contributed by atoms with Crippen LogP contribution < -0.4 is 0 Å². The second-order valence-corrected chi connectivity index (χ2v) is 5.32. The Morgan fingerprint density at radius 1 is 1.50 bits per heavy atom. The van der Waals surface area contributed by atoms with Gasteiger partial charge in [-0.25, -0.2) is 4.98 Å². The Bertz CT molecular complexity index is 469. The maximum Gasteiger partial charge on any atom is 0.122 e. The Labute approximate surface area is 106 Å². The topological polar surface area (TPSA) is 46.0 Å². The van der Waals surface area contributed by atoms with E-state index in [1.54, 1.807) is 6.20 Å². The molecule has 2 aromatic rings. The number of thiazole rings is 1. The molecular formula is C11H11BrN2OS. The van der Waals surface area contributed by atoms with E-state index in [0.29, 0.717) is 6.42 Å². The molecule has 5 heteroatoms. The molecule has 0 aliphatic rings. The van der Waals surface area contributed by atoms with E-state index in [4.69, 9.17) is 0 Å². The molecule has 1 unspecified atom stereocenters. The van der Waals surface area contributed by atoms with Crippen LogP contribution in [0.15, 0.2) is 28.2 Å². The fraction of sp³-hybridized carbons (Fsp3) is 0.273. The molecule has 0 saturated carbocycles. The minimum atomic E-state index is -0.563. The zero-order chi connectivity index (χ0) is 11.5. The summed E-state index contributed by atoms with van der Waals surface area (Å²) in [6, 6.07) is 3.82. The lowest BCUT2D eigenvalue weighted by Crippen LogP contribution is -2.02. The summed E-state index contributed by atoms with van der Waals surface area (Å²) in [4.78, 5) is 8.48. The maximum absolute atomic E-state index is 9.95. The molecule has 2 rings (SSSR count). The Kier molecular flexibility index (Phi) is 3.68. The Morgan fingerprint density at radius 2 is 2.31 bits per heavy atom. The van der Waals surface area contributed by atoms with Crippen LogP contribution >= 0.6 is 27.3 Å². The van der Waals surface area contributed by atoms with Crippen molar-refractivity contribution in [1.82, 2.24) is 9.97 Å². The van der Waals surface area contributed by atoms with Crippen molar-refractivity contribution >= 4 is 27.3 Å². The van der Waals surface area contributed by atoms with Crippen molar-refractivity contribution in [2.24, 2.45) is 0 Å². The molecule has 0 fully saturated rings. The summed E-state index contributed by atoms with van der Waals surface area (Å²) >= 11 is 4.81. The van der Waals surface area contributed by atoms with E-state index in [1.165, 1.54) is 11.3 Å². The van der Waals surface area contributed by atoms with Gasteiger partial charge in [0, 0.05) is 33.9 Å². The van der Waals surface area contributed by atoms with Crippen LogP contribution in [0.5, 0.6) is 0 Å². The van der Waals surface area contributed by atoms with Gasteiger partial charge >= 0.3 is 0 Å². The van der Waals surface area contributed by atoms with Gasteiger partial charge in [-0.1, -0.05) is 0 Å². The second-order valence-electron chi connectivity index (χ2n) is 3.51. The predicted molar refractivity (Wildman–Crippen MR) is 67.5 cm³/mol. The zero-order valence-corrected chi connectivity index (χ0v) is 11.1. The highest BCUT2D eigenvalue weighted by atomic mass is 79.9. The van der Waals surface area contributed by atoms with E-state index in [2.05, 4.69) is 25.9 Å². The van der Waals surface area contributed by atoms with Gasteiger partial charge in [-0.3, -0.25) is 4.98 Å². The summed E-state index contributed by atoms with van der Waals surface area (Å²) in [6.45, 7) is 1.92. The number of hydrogen-bond acceptors (Lipinski definition) is 4. The van der Waals surface area contributed by atoms with Crippen LogP contribution in [0.1, 0.15) is 22.5 Å². The molecule has 0 aromatic carbocycles. The first-order valence-corrected chi connectivity index (χ1v) is 6.53. The van der Waals surface area contributed by atoms with Crippen LogP contribution in [-0.2, 0) is 6.42 Å². The van der Waals surface area contributed by atoms with Crippen LogP contribution in [0, 0.1) is 6.92 Å². The SMILES string of the molecule is Cc1csc(C(O)Cc2ccc(Br)cn2)n1. The highest BCUT2D eigenvalue weighted by molar-refractivity contribution is 9.10. The van der Waals surface area contributed by atoms with Gasteiger partial charge in [-0.05, 0) is 35.0 Å².